The van der Waals surface area contributed by atoms with Crippen molar-refractivity contribution in [3.8, 4) is 11.5 Å². The van der Waals surface area contributed by atoms with E-state index in [2.05, 4.69) is 6.07 Å². The number of ether oxygens (including phenoxy) is 3. The van der Waals surface area contributed by atoms with E-state index >= 15 is 0 Å². The summed E-state index contributed by atoms with van der Waals surface area (Å²) in [7, 11) is 1.71. The van der Waals surface area contributed by atoms with Crippen LogP contribution in [-0.4, -0.2) is 44.2 Å². The number of carbonyl (C=O) groups excluding carboxylic acids is 1. The van der Waals surface area contributed by atoms with Crippen LogP contribution in [0.1, 0.15) is 41.3 Å². The van der Waals surface area contributed by atoms with Gasteiger partial charge >= 0.3 is 0 Å². The predicted octanol–water partition coefficient (Wildman–Crippen LogP) is 3.80. The highest BCUT2D eigenvalue weighted by atomic mass is 16.5. The number of rotatable bonds is 4. The molecule has 0 aromatic heterocycles. The molecule has 5 nitrogen and oxygen atoms in total. The molecule has 2 heterocycles. The van der Waals surface area contributed by atoms with Crippen molar-refractivity contribution in [3.63, 3.8) is 0 Å². The molecule has 0 bridgehead atoms. The number of amides is 1. The number of fused-ring (bicyclic) bond motifs is 2. The van der Waals surface area contributed by atoms with Crippen molar-refractivity contribution in [2.24, 2.45) is 0 Å². The fraction of sp³-hybridized carbons (Fsp3) is 0.435. The summed E-state index contributed by atoms with van der Waals surface area (Å²) in [4.78, 5) is 14.9. The molecule has 0 saturated carbocycles. The van der Waals surface area contributed by atoms with Crippen LogP contribution in [0.2, 0.25) is 0 Å². The zero-order valence-corrected chi connectivity index (χ0v) is 16.6. The normalized spacial score (nSPS) is 17.9. The Labute approximate surface area is 166 Å². The van der Waals surface area contributed by atoms with E-state index < -0.39 is 0 Å². The molecule has 2 aliphatic rings. The summed E-state index contributed by atoms with van der Waals surface area (Å²) in [5, 5.41) is 0. The lowest BCUT2D eigenvalue weighted by molar-refractivity contribution is -0.0946. The Hall–Kier alpha value is -2.53. The van der Waals surface area contributed by atoms with Gasteiger partial charge in [-0.1, -0.05) is 12.1 Å². The Morgan fingerprint density at radius 1 is 1.14 bits per heavy atom. The predicted molar refractivity (Wildman–Crippen MR) is 107 cm³/mol. The molecule has 0 aliphatic carbocycles. The molecule has 28 heavy (non-hydrogen) atoms. The SMILES string of the molecule is CCOc1ccc(C(=O)N2CCC3(CC2)OCCc2cccc(OC)c23)cc1. The summed E-state index contributed by atoms with van der Waals surface area (Å²) in [5.41, 5.74) is 2.83. The Morgan fingerprint density at radius 3 is 2.57 bits per heavy atom. The number of benzene rings is 2. The first kappa shape index (κ1) is 18.8. The van der Waals surface area contributed by atoms with Crippen molar-refractivity contribution in [3.05, 3.63) is 59.2 Å². The monoisotopic (exact) mass is 381 g/mol. The number of carbonyl (C=O) groups is 1. The molecule has 5 heteroatoms. The maximum Gasteiger partial charge on any atom is 0.253 e. The average molecular weight is 381 g/mol. The Bertz CT molecular complexity index is 824. The van der Waals surface area contributed by atoms with Crippen LogP contribution in [0.3, 0.4) is 0 Å². The minimum atomic E-state index is -0.351. The first-order chi connectivity index (χ1) is 13.7. The summed E-state index contributed by atoms with van der Waals surface area (Å²) in [6.45, 7) is 4.62. The maximum absolute atomic E-state index is 12.9. The van der Waals surface area contributed by atoms with E-state index in [-0.39, 0.29) is 11.5 Å². The van der Waals surface area contributed by atoms with Crippen LogP contribution in [0, 0.1) is 0 Å². The molecule has 0 N–H and O–H groups in total. The van der Waals surface area contributed by atoms with Crippen LogP contribution in [0.25, 0.3) is 0 Å². The molecule has 2 aromatic carbocycles. The largest absolute Gasteiger partial charge is 0.496 e. The summed E-state index contributed by atoms with van der Waals surface area (Å²) < 4.78 is 17.4. The fourth-order valence-corrected chi connectivity index (χ4v) is 4.41. The van der Waals surface area contributed by atoms with E-state index in [9.17, 15) is 4.79 Å². The number of methoxy groups -OCH3 is 1. The van der Waals surface area contributed by atoms with Crippen LogP contribution in [0.15, 0.2) is 42.5 Å². The van der Waals surface area contributed by atoms with E-state index in [4.69, 9.17) is 14.2 Å². The zero-order valence-electron chi connectivity index (χ0n) is 16.6. The van der Waals surface area contributed by atoms with Crippen molar-refractivity contribution in [1.82, 2.24) is 4.90 Å². The number of hydrogen-bond donors (Lipinski definition) is 0. The van der Waals surface area contributed by atoms with Crippen LogP contribution >= 0.6 is 0 Å². The molecule has 0 radical (unpaired) electrons. The van der Waals surface area contributed by atoms with Crippen LogP contribution in [0.4, 0.5) is 0 Å². The van der Waals surface area contributed by atoms with Gasteiger partial charge in [-0.25, -0.2) is 0 Å². The summed E-state index contributed by atoms with van der Waals surface area (Å²) in [5.74, 6) is 1.74. The lowest BCUT2D eigenvalue weighted by Crippen LogP contribution is -2.48. The zero-order chi connectivity index (χ0) is 19.6. The van der Waals surface area contributed by atoms with E-state index in [0.29, 0.717) is 31.9 Å². The number of likely N-dealkylation sites (tertiary alicyclic amines) is 1. The minimum Gasteiger partial charge on any atom is -0.496 e. The van der Waals surface area contributed by atoms with Gasteiger partial charge in [0, 0.05) is 24.2 Å². The van der Waals surface area contributed by atoms with Crippen LogP contribution in [0.5, 0.6) is 11.5 Å². The number of nitrogens with zero attached hydrogens (tertiary/aromatic N) is 1. The van der Waals surface area contributed by atoms with Gasteiger partial charge in [0.05, 0.1) is 20.3 Å². The van der Waals surface area contributed by atoms with Gasteiger partial charge in [0.15, 0.2) is 0 Å². The van der Waals surface area contributed by atoms with Gasteiger partial charge in [-0.3, -0.25) is 4.79 Å². The Morgan fingerprint density at radius 2 is 1.89 bits per heavy atom. The summed E-state index contributed by atoms with van der Waals surface area (Å²) >= 11 is 0. The molecule has 1 spiro atoms. The summed E-state index contributed by atoms with van der Waals surface area (Å²) in [6, 6.07) is 13.6. The van der Waals surface area contributed by atoms with Crippen molar-refractivity contribution in [1.29, 1.82) is 0 Å². The first-order valence-corrected chi connectivity index (χ1v) is 9.99. The molecule has 1 fully saturated rings. The van der Waals surface area contributed by atoms with Gasteiger partial charge in [-0.15, -0.1) is 0 Å². The molecule has 1 saturated heterocycles. The highest BCUT2D eigenvalue weighted by molar-refractivity contribution is 5.94. The lowest BCUT2D eigenvalue weighted by atomic mass is 9.78. The van der Waals surface area contributed by atoms with Gasteiger partial charge in [0.1, 0.15) is 17.1 Å². The standard InChI is InChI=1S/C23H27NO4/c1-3-27-19-9-7-18(8-10-19)22(25)24-14-12-23(13-15-24)21-17(11-16-28-23)5-4-6-20(21)26-2/h4-10H,3,11-16H2,1-2H3. The highest BCUT2D eigenvalue weighted by Crippen LogP contribution is 2.45. The van der Waals surface area contributed by atoms with E-state index in [1.807, 2.05) is 48.2 Å². The van der Waals surface area contributed by atoms with Crippen molar-refractivity contribution >= 4 is 5.91 Å². The van der Waals surface area contributed by atoms with Gasteiger partial charge in [0.25, 0.3) is 5.91 Å². The van der Waals surface area contributed by atoms with Gasteiger partial charge in [-0.05, 0) is 62.1 Å². The topological polar surface area (TPSA) is 48.0 Å². The molecule has 148 valence electrons. The van der Waals surface area contributed by atoms with Crippen LogP contribution < -0.4 is 9.47 Å². The smallest absolute Gasteiger partial charge is 0.253 e. The number of hydrogen-bond acceptors (Lipinski definition) is 4. The van der Waals surface area contributed by atoms with Crippen molar-refractivity contribution in [2.75, 3.05) is 33.4 Å². The molecule has 4 rings (SSSR count). The number of piperidine rings is 1. The van der Waals surface area contributed by atoms with E-state index in [1.54, 1.807) is 7.11 Å². The fourth-order valence-electron chi connectivity index (χ4n) is 4.41. The summed E-state index contributed by atoms with van der Waals surface area (Å²) in [6.07, 6.45) is 2.47. The van der Waals surface area contributed by atoms with Crippen molar-refractivity contribution in [2.45, 2.75) is 31.8 Å². The molecular formula is C23H27NO4. The molecule has 1 amide bonds. The third kappa shape index (κ3) is 3.35. The lowest BCUT2D eigenvalue weighted by Gasteiger charge is -2.45. The second-order valence-electron chi connectivity index (χ2n) is 7.34. The van der Waals surface area contributed by atoms with Gasteiger partial charge < -0.3 is 19.1 Å². The first-order valence-electron chi connectivity index (χ1n) is 9.99. The van der Waals surface area contributed by atoms with Crippen molar-refractivity contribution < 1.29 is 19.0 Å². The Kier molecular flexibility index (Phi) is 5.27. The van der Waals surface area contributed by atoms with Gasteiger partial charge in [-0.2, -0.15) is 0 Å². The van der Waals surface area contributed by atoms with E-state index in [1.165, 1.54) is 11.1 Å². The third-order valence-electron chi connectivity index (χ3n) is 5.81. The molecule has 0 atom stereocenters. The third-order valence-corrected chi connectivity index (χ3v) is 5.81. The Balaban J connectivity index is 1.50. The minimum absolute atomic E-state index is 0.0639. The second kappa shape index (κ2) is 7.84. The second-order valence-corrected chi connectivity index (χ2v) is 7.34. The average Bonchev–Trinajstić information content (AvgIpc) is 2.74. The quantitative estimate of drug-likeness (QED) is 0.808. The van der Waals surface area contributed by atoms with Gasteiger partial charge in [0.2, 0.25) is 0 Å². The maximum atomic E-state index is 12.9. The molecular weight excluding hydrogens is 354 g/mol. The highest BCUT2D eigenvalue weighted by Gasteiger charge is 2.43. The molecule has 2 aromatic rings. The molecule has 2 aliphatic heterocycles. The van der Waals surface area contributed by atoms with Crippen LogP contribution in [-0.2, 0) is 16.8 Å². The molecule has 0 unspecified atom stereocenters. The van der Waals surface area contributed by atoms with E-state index in [0.717, 1.165) is 30.8 Å².